The molecule has 2 heterocycles. The zero-order chi connectivity index (χ0) is 34.8. The summed E-state index contributed by atoms with van der Waals surface area (Å²) in [6, 6.07) is 16.4. The number of likely N-dealkylation sites (tertiary alicyclic amines) is 1. The van der Waals surface area contributed by atoms with Crippen molar-refractivity contribution in [3.8, 4) is 0 Å². The fourth-order valence-electron chi connectivity index (χ4n) is 5.96. The van der Waals surface area contributed by atoms with Crippen LogP contribution in [0.2, 0.25) is 0 Å². The molecule has 264 valence electrons. The van der Waals surface area contributed by atoms with Crippen molar-refractivity contribution >= 4 is 23.6 Å². The van der Waals surface area contributed by atoms with Gasteiger partial charge >= 0.3 is 0 Å². The van der Waals surface area contributed by atoms with Crippen LogP contribution in [-0.4, -0.2) is 82.4 Å². The Balaban J connectivity index is 1.54. The molecule has 4 rings (SSSR count). The predicted molar refractivity (Wildman–Crippen MR) is 187 cm³/mol. The first-order valence-corrected chi connectivity index (χ1v) is 17.4. The molecule has 0 spiro atoms. The molecule has 3 aromatic rings. The van der Waals surface area contributed by atoms with E-state index in [1.165, 1.54) is 11.2 Å². The molecule has 0 bridgehead atoms. The van der Waals surface area contributed by atoms with Gasteiger partial charge in [0.1, 0.15) is 18.1 Å². The number of rotatable bonds is 20. The van der Waals surface area contributed by atoms with Crippen LogP contribution in [0.15, 0.2) is 73.2 Å². The van der Waals surface area contributed by atoms with Crippen molar-refractivity contribution in [2.24, 2.45) is 5.73 Å². The fourth-order valence-corrected chi connectivity index (χ4v) is 5.96. The van der Waals surface area contributed by atoms with Crippen molar-refractivity contribution in [1.29, 1.82) is 0 Å². The lowest BCUT2D eigenvalue weighted by atomic mass is 10.0. The second kappa shape index (κ2) is 20.1. The number of hydrogen-bond donors (Lipinski definition) is 5. The number of benzene rings is 2. The van der Waals surface area contributed by atoms with E-state index in [9.17, 15) is 19.2 Å². The summed E-state index contributed by atoms with van der Waals surface area (Å²) >= 11 is 0. The van der Waals surface area contributed by atoms with Crippen LogP contribution in [0.25, 0.3) is 0 Å². The van der Waals surface area contributed by atoms with E-state index in [2.05, 4.69) is 32.8 Å². The highest BCUT2D eigenvalue weighted by Crippen LogP contribution is 2.24. The van der Waals surface area contributed by atoms with Gasteiger partial charge in [-0.1, -0.05) is 86.8 Å². The summed E-state index contributed by atoms with van der Waals surface area (Å²) in [7, 11) is 0. The molecule has 1 unspecified atom stereocenters. The second-order valence-electron chi connectivity index (χ2n) is 12.6. The normalized spacial score (nSPS) is 16.9. The zero-order valence-electron chi connectivity index (χ0n) is 28.4. The monoisotopic (exact) mass is 673 g/mol. The summed E-state index contributed by atoms with van der Waals surface area (Å²) in [5, 5.41) is 8.75. The Kier molecular flexibility index (Phi) is 15.3. The predicted octanol–water partition coefficient (Wildman–Crippen LogP) is 2.79. The Bertz CT molecular complexity index is 1440. The topological polar surface area (TPSA) is 172 Å². The number of carbonyl (C=O) groups is 4. The van der Waals surface area contributed by atoms with E-state index in [-0.39, 0.29) is 37.3 Å². The number of amides is 4. The molecule has 4 amide bonds. The van der Waals surface area contributed by atoms with Crippen LogP contribution in [0.1, 0.15) is 68.7 Å². The molecule has 12 heteroatoms. The molecular weight excluding hydrogens is 622 g/mol. The summed E-state index contributed by atoms with van der Waals surface area (Å²) in [6.07, 6.45) is 8.07. The molecule has 1 aromatic heterocycles. The Morgan fingerprint density at radius 1 is 0.939 bits per heavy atom. The molecule has 49 heavy (non-hydrogen) atoms. The van der Waals surface area contributed by atoms with Crippen LogP contribution in [0, 0.1) is 0 Å². The number of nitrogens with one attached hydrogen (secondary N) is 4. The van der Waals surface area contributed by atoms with E-state index >= 15 is 0 Å². The molecule has 0 saturated carbocycles. The number of nitrogens with two attached hydrogens (primary N) is 1. The average molecular weight is 674 g/mol. The molecule has 1 saturated heterocycles. The van der Waals surface area contributed by atoms with Crippen molar-refractivity contribution in [1.82, 2.24) is 30.8 Å². The standard InChI is InChI=1S/C37H51N7O5/c1-2-3-4-11-17-34(45)42-31(21-29-23-39-26-41-29)35(46)43-32(20-27-13-7-5-8-14-27)37(48)44-24-30(49-25-28-15-9-6-10-16-28)22-33(44)36(47)40-19-12-18-38/h5-10,13-16,23,26,30-33H,2-4,11-12,17-22,24-25,38H2,1H3,(H,39,41)(H,40,47)(H,42,45)(H,43,46)/t30-,31-,32+,33?/m0/s1. The number of aromatic amines is 1. The smallest absolute Gasteiger partial charge is 0.246 e. The minimum atomic E-state index is -1.01. The highest BCUT2D eigenvalue weighted by molar-refractivity contribution is 5.95. The van der Waals surface area contributed by atoms with E-state index in [4.69, 9.17) is 10.5 Å². The zero-order valence-corrected chi connectivity index (χ0v) is 28.4. The van der Waals surface area contributed by atoms with Gasteiger partial charge in [-0.25, -0.2) is 4.98 Å². The van der Waals surface area contributed by atoms with E-state index < -0.39 is 29.9 Å². The van der Waals surface area contributed by atoms with Gasteiger partial charge in [0.05, 0.1) is 19.0 Å². The Labute approximate surface area is 289 Å². The van der Waals surface area contributed by atoms with E-state index in [0.29, 0.717) is 44.7 Å². The number of H-pyrrole nitrogens is 1. The number of imidazole rings is 1. The number of unbranched alkanes of at least 4 members (excludes halogenated alkanes) is 3. The molecular formula is C37H51N7O5. The summed E-state index contributed by atoms with van der Waals surface area (Å²) in [4.78, 5) is 63.4. The Morgan fingerprint density at radius 3 is 2.35 bits per heavy atom. The lowest BCUT2D eigenvalue weighted by Gasteiger charge is -2.30. The van der Waals surface area contributed by atoms with Crippen LogP contribution >= 0.6 is 0 Å². The molecule has 2 aromatic carbocycles. The van der Waals surface area contributed by atoms with Gasteiger partial charge in [0, 0.05) is 50.7 Å². The third-order valence-corrected chi connectivity index (χ3v) is 8.64. The maximum atomic E-state index is 14.5. The maximum Gasteiger partial charge on any atom is 0.246 e. The van der Waals surface area contributed by atoms with Gasteiger partial charge in [-0.2, -0.15) is 0 Å². The minimum absolute atomic E-state index is 0.171. The van der Waals surface area contributed by atoms with Crippen LogP contribution in [0.5, 0.6) is 0 Å². The van der Waals surface area contributed by atoms with Crippen molar-refractivity contribution in [3.63, 3.8) is 0 Å². The maximum absolute atomic E-state index is 14.5. The quantitative estimate of drug-likeness (QED) is 0.115. The molecule has 12 nitrogen and oxygen atoms in total. The van der Waals surface area contributed by atoms with Crippen molar-refractivity contribution in [2.45, 2.75) is 95.5 Å². The average Bonchev–Trinajstić information content (AvgIpc) is 3.80. The molecule has 6 N–H and O–H groups in total. The number of nitrogens with zero attached hydrogens (tertiary/aromatic N) is 2. The fraction of sp³-hybridized carbons (Fsp3) is 0.486. The van der Waals surface area contributed by atoms with Gasteiger partial charge in [-0.3, -0.25) is 19.2 Å². The van der Waals surface area contributed by atoms with Crippen molar-refractivity contribution in [3.05, 3.63) is 90.0 Å². The minimum Gasteiger partial charge on any atom is -0.372 e. The molecule has 0 aliphatic carbocycles. The highest BCUT2D eigenvalue weighted by Gasteiger charge is 2.43. The third kappa shape index (κ3) is 12.1. The largest absolute Gasteiger partial charge is 0.372 e. The molecule has 1 aliphatic heterocycles. The van der Waals surface area contributed by atoms with Crippen LogP contribution in [-0.2, 0) is 43.4 Å². The SMILES string of the molecule is CCCCCCC(=O)N[C@@H](Cc1cnc[nH]1)C(=O)N[C@H](Cc1ccccc1)C(=O)N1C[C@@H](OCc2ccccc2)CC1C(=O)NCCCN. The lowest BCUT2D eigenvalue weighted by Crippen LogP contribution is -2.57. The highest BCUT2D eigenvalue weighted by atomic mass is 16.5. The van der Waals surface area contributed by atoms with Crippen LogP contribution in [0.4, 0.5) is 0 Å². The molecule has 1 aliphatic rings. The van der Waals surface area contributed by atoms with Crippen molar-refractivity contribution in [2.75, 3.05) is 19.6 Å². The van der Waals surface area contributed by atoms with Crippen LogP contribution in [0.3, 0.4) is 0 Å². The summed E-state index contributed by atoms with van der Waals surface area (Å²) in [6.45, 7) is 3.45. The summed E-state index contributed by atoms with van der Waals surface area (Å²) in [5.74, 6) is -1.40. The van der Waals surface area contributed by atoms with Gasteiger partial charge < -0.3 is 36.3 Å². The van der Waals surface area contributed by atoms with Crippen LogP contribution < -0.4 is 21.7 Å². The van der Waals surface area contributed by atoms with Gasteiger partial charge in [-0.15, -0.1) is 0 Å². The first-order chi connectivity index (χ1) is 23.9. The van der Waals surface area contributed by atoms with Gasteiger partial charge in [0.2, 0.25) is 23.6 Å². The summed E-state index contributed by atoms with van der Waals surface area (Å²) < 4.78 is 6.20. The van der Waals surface area contributed by atoms with Crippen molar-refractivity contribution < 1.29 is 23.9 Å². The van der Waals surface area contributed by atoms with Gasteiger partial charge in [-0.05, 0) is 30.5 Å². The third-order valence-electron chi connectivity index (χ3n) is 8.64. The second-order valence-corrected chi connectivity index (χ2v) is 12.6. The molecule has 1 fully saturated rings. The lowest BCUT2D eigenvalue weighted by molar-refractivity contribution is -0.142. The molecule has 4 atom stereocenters. The summed E-state index contributed by atoms with van der Waals surface area (Å²) in [5.41, 5.74) is 8.14. The first kappa shape index (κ1) is 37.3. The van der Waals surface area contributed by atoms with E-state index in [1.807, 2.05) is 60.7 Å². The number of carbonyl (C=O) groups excluding carboxylic acids is 4. The Morgan fingerprint density at radius 2 is 1.67 bits per heavy atom. The number of ether oxygens (including phenoxy) is 1. The first-order valence-electron chi connectivity index (χ1n) is 17.4. The molecule has 0 radical (unpaired) electrons. The number of hydrogen-bond acceptors (Lipinski definition) is 7. The van der Waals surface area contributed by atoms with Gasteiger partial charge in [0.15, 0.2) is 0 Å². The van der Waals surface area contributed by atoms with E-state index in [0.717, 1.165) is 36.8 Å². The van der Waals surface area contributed by atoms with E-state index in [1.54, 1.807) is 6.20 Å². The van der Waals surface area contributed by atoms with Gasteiger partial charge in [0.25, 0.3) is 0 Å². The number of aromatic nitrogens is 2. The Hall–Kier alpha value is -4.55.